The first-order valence-corrected chi connectivity index (χ1v) is 7.46. The van der Waals surface area contributed by atoms with E-state index in [-0.39, 0.29) is 17.8 Å². The molecule has 1 aliphatic heterocycles. The fourth-order valence-electron chi connectivity index (χ4n) is 2.50. The van der Waals surface area contributed by atoms with Crippen molar-refractivity contribution in [3.63, 3.8) is 0 Å². The number of rotatable bonds is 2. The van der Waals surface area contributed by atoms with Gasteiger partial charge in [-0.25, -0.2) is 0 Å². The molecular formula is C15H18BrNO3. The van der Waals surface area contributed by atoms with Crippen molar-refractivity contribution in [1.82, 2.24) is 4.90 Å². The summed E-state index contributed by atoms with van der Waals surface area (Å²) in [5, 5.41) is 0. The van der Waals surface area contributed by atoms with E-state index in [0.29, 0.717) is 18.7 Å². The number of esters is 1. The molecule has 1 amide bonds. The molecule has 2 rings (SSSR count). The van der Waals surface area contributed by atoms with Crippen LogP contribution in [-0.4, -0.2) is 37.0 Å². The summed E-state index contributed by atoms with van der Waals surface area (Å²) < 4.78 is 5.60. The van der Waals surface area contributed by atoms with Gasteiger partial charge in [-0.2, -0.15) is 0 Å². The van der Waals surface area contributed by atoms with Crippen molar-refractivity contribution in [3.8, 4) is 0 Å². The number of ether oxygens (including phenoxy) is 1. The Morgan fingerprint density at radius 1 is 1.40 bits per heavy atom. The van der Waals surface area contributed by atoms with Crippen molar-refractivity contribution in [2.45, 2.75) is 19.8 Å². The zero-order valence-corrected chi connectivity index (χ0v) is 13.3. The van der Waals surface area contributed by atoms with E-state index < -0.39 is 0 Å². The van der Waals surface area contributed by atoms with Crippen molar-refractivity contribution >= 4 is 27.8 Å². The van der Waals surface area contributed by atoms with Gasteiger partial charge in [-0.05, 0) is 47.3 Å². The van der Waals surface area contributed by atoms with Crippen molar-refractivity contribution in [2.24, 2.45) is 5.92 Å². The lowest BCUT2D eigenvalue weighted by Gasteiger charge is -2.31. The largest absolute Gasteiger partial charge is 0.469 e. The molecule has 0 N–H and O–H groups in total. The van der Waals surface area contributed by atoms with Gasteiger partial charge in [-0.1, -0.05) is 12.1 Å². The predicted molar refractivity (Wildman–Crippen MR) is 79.5 cm³/mol. The van der Waals surface area contributed by atoms with Crippen LogP contribution in [0.4, 0.5) is 0 Å². The Labute approximate surface area is 127 Å². The van der Waals surface area contributed by atoms with Gasteiger partial charge in [0.05, 0.1) is 18.6 Å². The number of benzene rings is 1. The second-order valence-corrected chi connectivity index (χ2v) is 5.84. The average molecular weight is 340 g/mol. The summed E-state index contributed by atoms with van der Waals surface area (Å²) in [5.74, 6) is -0.471. The van der Waals surface area contributed by atoms with Gasteiger partial charge in [0.15, 0.2) is 0 Å². The van der Waals surface area contributed by atoms with Crippen LogP contribution in [0.25, 0.3) is 0 Å². The summed E-state index contributed by atoms with van der Waals surface area (Å²) in [6.07, 6.45) is 1.61. The van der Waals surface area contributed by atoms with Crippen molar-refractivity contribution in [1.29, 1.82) is 0 Å². The van der Waals surface area contributed by atoms with Gasteiger partial charge in [-0.3, -0.25) is 9.59 Å². The zero-order chi connectivity index (χ0) is 14.7. The third kappa shape index (κ3) is 3.03. The summed E-state index contributed by atoms with van der Waals surface area (Å²) in [7, 11) is 1.39. The topological polar surface area (TPSA) is 46.6 Å². The second kappa shape index (κ2) is 6.39. The van der Waals surface area contributed by atoms with Crippen LogP contribution in [0.15, 0.2) is 22.7 Å². The number of carbonyl (C=O) groups excluding carboxylic acids is 2. The maximum atomic E-state index is 12.6. The Morgan fingerprint density at radius 2 is 2.15 bits per heavy atom. The number of halogens is 1. The van der Waals surface area contributed by atoms with Gasteiger partial charge in [0.25, 0.3) is 5.91 Å². The van der Waals surface area contributed by atoms with E-state index in [1.54, 1.807) is 11.0 Å². The van der Waals surface area contributed by atoms with Crippen LogP contribution < -0.4 is 0 Å². The summed E-state index contributed by atoms with van der Waals surface area (Å²) in [5.41, 5.74) is 1.67. The molecule has 1 atom stereocenters. The molecule has 0 aliphatic carbocycles. The number of hydrogen-bond acceptors (Lipinski definition) is 3. The third-order valence-electron chi connectivity index (χ3n) is 3.67. The standard InChI is InChI=1S/C15H18BrNO3/c1-10-5-3-7-12(13(10)16)14(18)17-8-4-6-11(9-17)15(19)20-2/h3,5,7,11H,4,6,8-9H2,1-2H3/t11-/m0/s1. The molecule has 1 aliphatic rings. The van der Waals surface area contributed by atoms with E-state index in [2.05, 4.69) is 15.9 Å². The molecule has 1 saturated heterocycles. The molecule has 1 aromatic carbocycles. The lowest BCUT2D eigenvalue weighted by Crippen LogP contribution is -2.42. The van der Waals surface area contributed by atoms with Gasteiger partial charge in [0, 0.05) is 17.6 Å². The van der Waals surface area contributed by atoms with E-state index in [0.717, 1.165) is 22.9 Å². The number of methoxy groups -OCH3 is 1. The van der Waals surface area contributed by atoms with E-state index in [9.17, 15) is 9.59 Å². The maximum absolute atomic E-state index is 12.6. The molecule has 1 fully saturated rings. The summed E-state index contributed by atoms with van der Waals surface area (Å²) >= 11 is 3.47. The van der Waals surface area contributed by atoms with Crippen molar-refractivity contribution in [3.05, 3.63) is 33.8 Å². The molecule has 4 nitrogen and oxygen atoms in total. The number of carbonyl (C=O) groups is 2. The fraction of sp³-hybridized carbons (Fsp3) is 0.467. The molecule has 0 aromatic heterocycles. The second-order valence-electron chi connectivity index (χ2n) is 5.05. The van der Waals surface area contributed by atoms with Crippen molar-refractivity contribution < 1.29 is 14.3 Å². The Kier molecular flexibility index (Phi) is 4.81. The highest BCUT2D eigenvalue weighted by molar-refractivity contribution is 9.10. The van der Waals surface area contributed by atoms with E-state index >= 15 is 0 Å². The van der Waals surface area contributed by atoms with Crippen LogP contribution in [0.1, 0.15) is 28.8 Å². The van der Waals surface area contributed by atoms with E-state index in [1.165, 1.54) is 7.11 Å². The Balaban J connectivity index is 2.16. The van der Waals surface area contributed by atoms with Crippen LogP contribution in [0.3, 0.4) is 0 Å². The molecule has 0 saturated carbocycles. The predicted octanol–water partition coefficient (Wildman–Crippen LogP) is 2.78. The molecule has 20 heavy (non-hydrogen) atoms. The zero-order valence-electron chi connectivity index (χ0n) is 11.7. The van der Waals surface area contributed by atoms with E-state index in [4.69, 9.17) is 4.74 Å². The average Bonchev–Trinajstić information content (AvgIpc) is 2.48. The van der Waals surface area contributed by atoms with Gasteiger partial charge in [0.2, 0.25) is 0 Å². The third-order valence-corrected chi connectivity index (χ3v) is 4.72. The first-order valence-electron chi connectivity index (χ1n) is 6.66. The lowest BCUT2D eigenvalue weighted by molar-refractivity contribution is -0.146. The molecule has 0 unspecified atom stereocenters. The molecule has 1 heterocycles. The molecule has 5 heteroatoms. The molecule has 108 valence electrons. The van der Waals surface area contributed by atoms with Gasteiger partial charge in [-0.15, -0.1) is 0 Å². The first-order chi connectivity index (χ1) is 9.54. The molecule has 0 spiro atoms. The summed E-state index contributed by atoms with van der Waals surface area (Å²) in [6, 6.07) is 5.63. The van der Waals surface area contributed by atoms with Crippen LogP contribution in [0, 0.1) is 12.8 Å². The van der Waals surface area contributed by atoms with Crippen LogP contribution >= 0.6 is 15.9 Å². The quantitative estimate of drug-likeness (QED) is 0.778. The van der Waals surface area contributed by atoms with Crippen LogP contribution in [-0.2, 0) is 9.53 Å². The van der Waals surface area contributed by atoms with Gasteiger partial charge >= 0.3 is 5.97 Å². The summed E-state index contributed by atoms with van der Waals surface area (Å²) in [4.78, 5) is 25.9. The minimum absolute atomic E-state index is 0.0332. The monoisotopic (exact) mass is 339 g/mol. The molecular weight excluding hydrogens is 322 g/mol. The molecule has 0 bridgehead atoms. The van der Waals surface area contributed by atoms with Gasteiger partial charge < -0.3 is 9.64 Å². The Hall–Kier alpha value is -1.36. The minimum atomic E-state index is -0.231. The lowest BCUT2D eigenvalue weighted by atomic mass is 9.97. The fourth-order valence-corrected chi connectivity index (χ4v) is 2.94. The normalized spacial score (nSPS) is 18.8. The maximum Gasteiger partial charge on any atom is 0.310 e. The van der Waals surface area contributed by atoms with Crippen LogP contribution in [0.5, 0.6) is 0 Å². The SMILES string of the molecule is COC(=O)[C@H]1CCCN(C(=O)c2cccc(C)c2Br)C1. The number of piperidine rings is 1. The highest BCUT2D eigenvalue weighted by Crippen LogP contribution is 2.25. The number of likely N-dealkylation sites (tertiary alicyclic amines) is 1. The molecule has 0 radical (unpaired) electrons. The number of nitrogens with zero attached hydrogens (tertiary/aromatic N) is 1. The Bertz CT molecular complexity index is 530. The molecule has 1 aromatic rings. The van der Waals surface area contributed by atoms with Crippen molar-refractivity contribution in [2.75, 3.05) is 20.2 Å². The number of amides is 1. The number of aryl methyl sites for hydroxylation is 1. The summed E-state index contributed by atoms with van der Waals surface area (Å²) in [6.45, 7) is 3.08. The Morgan fingerprint density at radius 3 is 2.85 bits per heavy atom. The van der Waals surface area contributed by atoms with E-state index in [1.807, 2.05) is 19.1 Å². The smallest absolute Gasteiger partial charge is 0.310 e. The minimum Gasteiger partial charge on any atom is -0.469 e. The highest BCUT2D eigenvalue weighted by Gasteiger charge is 2.30. The van der Waals surface area contributed by atoms with Gasteiger partial charge in [0.1, 0.15) is 0 Å². The first kappa shape index (κ1) is 15.0. The highest BCUT2D eigenvalue weighted by atomic mass is 79.9. The number of hydrogen-bond donors (Lipinski definition) is 0. The van der Waals surface area contributed by atoms with Crippen LogP contribution in [0.2, 0.25) is 0 Å².